The summed E-state index contributed by atoms with van der Waals surface area (Å²) in [5.74, 6) is -0.887. The molecular weight excluding hydrogens is 745 g/mol. The first kappa shape index (κ1) is 57.9. The molecule has 0 spiro atoms. The Labute approximate surface area is 373 Å². The van der Waals surface area contributed by atoms with E-state index < -0.39 is 6.10 Å². The normalized spacial score (nSPS) is 12.1. The Morgan fingerprint density at radius 2 is 0.550 bits per heavy atom. The van der Waals surface area contributed by atoms with Crippen LogP contribution >= 0.6 is 0 Å². The van der Waals surface area contributed by atoms with E-state index in [1.54, 1.807) is 0 Å². The third-order valence-electron chi connectivity index (χ3n) is 11.7. The lowest BCUT2D eigenvalue weighted by molar-refractivity contribution is -0.167. The van der Waals surface area contributed by atoms with Gasteiger partial charge in [0, 0.05) is 19.3 Å². The molecular formula is C54H100O6. The molecule has 0 aromatic carbocycles. The molecule has 0 N–H and O–H groups in total. The number of carbonyl (C=O) groups is 3. The zero-order valence-corrected chi connectivity index (χ0v) is 40.2. The van der Waals surface area contributed by atoms with Gasteiger partial charge in [0.2, 0.25) is 0 Å². The lowest BCUT2D eigenvalue weighted by atomic mass is 10.1. The molecule has 0 saturated heterocycles. The summed E-state index contributed by atoms with van der Waals surface area (Å²) in [6.07, 6.45) is 56.0. The maximum atomic E-state index is 12.8. The van der Waals surface area contributed by atoms with Crippen LogP contribution in [0.1, 0.15) is 284 Å². The van der Waals surface area contributed by atoms with E-state index in [-0.39, 0.29) is 31.1 Å². The number of hydrogen-bond donors (Lipinski definition) is 0. The molecule has 6 heteroatoms. The summed E-state index contributed by atoms with van der Waals surface area (Å²) >= 11 is 0. The first-order valence-electron chi connectivity index (χ1n) is 26.3. The van der Waals surface area contributed by atoms with Crippen molar-refractivity contribution in [2.45, 2.75) is 290 Å². The molecule has 0 bridgehead atoms. The minimum atomic E-state index is -0.775. The molecule has 0 aliphatic carbocycles. The Morgan fingerprint density at radius 1 is 0.317 bits per heavy atom. The van der Waals surface area contributed by atoms with Crippen LogP contribution in [-0.4, -0.2) is 37.2 Å². The van der Waals surface area contributed by atoms with Gasteiger partial charge in [0.05, 0.1) is 0 Å². The third-order valence-corrected chi connectivity index (χ3v) is 11.7. The van der Waals surface area contributed by atoms with Crippen molar-refractivity contribution in [3.05, 3.63) is 24.3 Å². The van der Waals surface area contributed by atoms with E-state index in [1.807, 2.05) is 0 Å². The second-order valence-corrected chi connectivity index (χ2v) is 17.8. The van der Waals surface area contributed by atoms with Crippen LogP contribution in [0.3, 0.4) is 0 Å². The topological polar surface area (TPSA) is 78.9 Å². The highest BCUT2D eigenvalue weighted by molar-refractivity contribution is 5.71. The lowest BCUT2D eigenvalue weighted by Gasteiger charge is -2.18. The van der Waals surface area contributed by atoms with Gasteiger partial charge >= 0.3 is 17.9 Å². The molecule has 0 aliphatic rings. The van der Waals surface area contributed by atoms with Crippen LogP contribution in [-0.2, 0) is 28.6 Å². The molecule has 0 rings (SSSR count). The largest absolute Gasteiger partial charge is 0.462 e. The van der Waals surface area contributed by atoms with Crippen molar-refractivity contribution in [3.63, 3.8) is 0 Å². The van der Waals surface area contributed by atoms with Gasteiger partial charge in [-0.1, -0.05) is 218 Å². The lowest BCUT2D eigenvalue weighted by Crippen LogP contribution is -2.30. The SMILES string of the molecule is CCCCCCCCC/C=C\CCCCCC(=O)OC(COC(=O)CCCCCCCCC/C=C\CCCCCCCCCC)COC(=O)CCCCCCCCCCC. The van der Waals surface area contributed by atoms with Crippen LogP contribution in [0.4, 0.5) is 0 Å². The molecule has 0 saturated carbocycles. The molecule has 0 aromatic rings. The smallest absolute Gasteiger partial charge is 0.306 e. The fourth-order valence-electron chi connectivity index (χ4n) is 7.67. The van der Waals surface area contributed by atoms with Gasteiger partial charge in [0.25, 0.3) is 0 Å². The Kier molecular flexibility index (Phi) is 47.8. The van der Waals surface area contributed by atoms with E-state index in [2.05, 4.69) is 45.1 Å². The van der Waals surface area contributed by atoms with Crippen LogP contribution in [0.15, 0.2) is 24.3 Å². The maximum absolute atomic E-state index is 12.8. The second-order valence-electron chi connectivity index (χ2n) is 17.8. The van der Waals surface area contributed by atoms with E-state index >= 15 is 0 Å². The van der Waals surface area contributed by atoms with Gasteiger partial charge in [0.15, 0.2) is 6.10 Å². The molecule has 0 aromatic heterocycles. The van der Waals surface area contributed by atoms with Gasteiger partial charge in [-0.15, -0.1) is 0 Å². The fraction of sp³-hybridized carbons (Fsp3) is 0.870. The number of ether oxygens (including phenoxy) is 3. The van der Waals surface area contributed by atoms with E-state index in [9.17, 15) is 14.4 Å². The predicted octanol–water partition coefficient (Wildman–Crippen LogP) is 17.2. The van der Waals surface area contributed by atoms with Gasteiger partial charge in [-0.3, -0.25) is 14.4 Å². The van der Waals surface area contributed by atoms with Gasteiger partial charge in [-0.05, 0) is 70.6 Å². The van der Waals surface area contributed by atoms with Crippen molar-refractivity contribution in [2.75, 3.05) is 13.2 Å². The fourth-order valence-corrected chi connectivity index (χ4v) is 7.67. The molecule has 0 aliphatic heterocycles. The van der Waals surface area contributed by atoms with Crippen LogP contribution < -0.4 is 0 Å². The number of esters is 3. The molecule has 0 fully saturated rings. The molecule has 6 nitrogen and oxygen atoms in total. The molecule has 352 valence electrons. The molecule has 60 heavy (non-hydrogen) atoms. The van der Waals surface area contributed by atoms with E-state index in [4.69, 9.17) is 14.2 Å². The van der Waals surface area contributed by atoms with E-state index in [0.29, 0.717) is 19.3 Å². The minimum absolute atomic E-state index is 0.0755. The van der Waals surface area contributed by atoms with Gasteiger partial charge in [-0.25, -0.2) is 0 Å². The molecule has 0 heterocycles. The average molecular weight is 845 g/mol. The number of hydrogen-bond acceptors (Lipinski definition) is 6. The van der Waals surface area contributed by atoms with Crippen molar-refractivity contribution in [1.82, 2.24) is 0 Å². The molecule has 0 amide bonds. The van der Waals surface area contributed by atoms with Crippen molar-refractivity contribution in [2.24, 2.45) is 0 Å². The Balaban J connectivity index is 4.28. The Hall–Kier alpha value is -2.11. The third kappa shape index (κ3) is 46.9. The maximum Gasteiger partial charge on any atom is 0.306 e. The molecule has 1 atom stereocenters. The second kappa shape index (κ2) is 49.5. The summed E-state index contributed by atoms with van der Waals surface area (Å²) in [7, 11) is 0. The summed E-state index contributed by atoms with van der Waals surface area (Å²) in [5, 5.41) is 0. The number of allylic oxidation sites excluding steroid dienone is 4. The monoisotopic (exact) mass is 845 g/mol. The average Bonchev–Trinajstić information content (AvgIpc) is 3.24. The van der Waals surface area contributed by atoms with Gasteiger partial charge < -0.3 is 14.2 Å². The van der Waals surface area contributed by atoms with Crippen molar-refractivity contribution < 1.29 is 28.6 Å². The van der Waals surface area contributed by atoms with Crippen molar-refractivity contribution in [1.29, 1.82) is 0 Å². The number of unbranched alkanes of at least 4 members (excludes halogenated alkanes) is 33. The summed E-state index contributed by atoms with van der Waals surface area (Å²) in [6, 6.07) is 0. The highest BCUT2D eigenvalue weighted by atomic mass is 16.6. The Bertz CT molecular complexity index is 973. The summed E-state index contributed by atoms with van der Waals surface area (Å²) in [6.45, 7) is 6.62. The zero-order valence-electron chi connectivity index (χ0n) is 40.2. The van der Waals surface area contributed by atoms with Crippen LogP contribution in [0.5, 0.6) is 0 Å². The van der Waals surface area contributed by atoms with Crippen LogP contribution in [0, 0.1) is 0 Å². The number of carbonyl (C=O) groups excluding carboxylic acids is 3. The number of rotatable bonds is 48. The van der Waals surface area contributed by atoms with Gasteiger partial charge in [0.1, 0.15) is 13.2 Å². The predicted molar refractivity (Wildman–Crippen MR) is 256 cm³/mol. The minimum Gasteiger partial charge on any atom is -0.462 e. The quantitative estimate of drug-likeness (QED) is 0.0263. The van der Waals surface area contributed by atoms with Crippen molar-refractivity contribution >= 4 is 17.9 Å². The van der Waals surface area contributed by atoms with Crippen LogP contribution in [0.25, 0.3) is 0 Å². The summed E-state index contributed by atoms with van der Waals surface area (Å²) in [4.78, 5) is 37.9. The first-order chi connectivity index (χ1) is 29.5. The summed E-state index contributed by atoms with van der Waals surface area (Å²) in [5.41, 5.74) is 0. The van der Waals surface area contributed by atoms with E-state index in [1.165, 1.54) is 173 Å². The van der Waals surface area contributed by atoms with Crippen LogP contribution in [0.2, 0.25) is 0 Å². The highest BCUT2D eigenvalue weighted by Crippen LogP contribution is 2.15. The Morgan fingerprint density at radius 3 is 0.850 bits per heavy atom. The standard InChI is InChI=1S/C54H100O6/c1-4-7-10-13-16-19-21-23-25-26-27-28-29-31-32-35-38-41-44-47-53(56)59-50-51(49-58-52(55)46-43-40-37-34-18-15-12-9-6-3)60-54(57)48-45-42-39-36-33-30-24-22-20-17-14-11-8-5-2/h26-27,30,33,51H,4-25,28-29,31-32,34-50H2,1-3H3/b27-26-,33-30-. The molecule has 1 unspecified atom stereocenters. The van der Waals surface area contributed by atoms with Crippen molar-refractivity contribution in [3.8, 4) is 0 Å². The first-order valence-corrected chi connectivity index (χ1v) is 26.3. The molecule has 0 radical (unpaired) electrons. The van der Waals surface area contributed by atoms with Gasteiger partial charge in [-0.2, -0.15) is 0 Å². The summed E-state index contributed by atoms with van der Waals surface area (Å²) < 4.78 is 16.8. The zero-order chi connectivity index (χ0) is 43.7. The van der Waals surface area contributed by atoms with E-state index in [0.717, 1.165) is 70.6 Å². The highest BCUT2D eigenvalue weighted by Gasteiger charge is 2.19.